The number of ether oxygens (including phenoxy) is 1. The molecule has 0 aliphatic carbocycles. The third kappa shape index (κ3) is 4.59. The first-order valence-corrected chi connectivity index (χ1v) is 7.73. The molecule has 2 rings (SSSR count). The summed E-state index contributed by atoms with van der Waals surface area (Å²) in [6.07, 6.45) is 0.451. The summed E-state index contributed by atoms with van der Waals surface area (Å²) in [4.78, 5) is 13.6. The summed E-state index contributed by atoms with van der Waals surface area (Å²) in [5.41, 5.74) is -0.0562. The standard InChI is InChI=1S/C15H20BrFN2O2/c1-15(2,3)21-14(20)19-7-6-11(9-19)18-13-8-10(16)4-5-12(13)17/h4-5,8,11,18H,6-7,9H2,1-3H3. The van der Waals surface area contributed by atoms with E-state index in [1.165, 1.54) is 6.07 Å². The van der Waals surface area contributed by atoms with E-state index in [9.17, 15) is 9.18 Å². The molecule has 1 atom stereocenters. The van der Waals surface area contributed by atoms with Gasteiger partial charge in [0.05, 0.1) is 5.69 Å². The molecule has 1 aliphatic rings. The van der Waals surface area contributed by atoms with Gasteiger partial charge in [-0.2, -0.15) is 0 Å². The van der Waals surface area contributed by atoms with Crippen molar-refractivity contribution < 1.29 is 13.9 Å². The van der Waals surface area contributed by atoms with Crippen molar-refractivity contribution in [2.45, 2.75) is 38.8 Å². The van der Waals surface area contributed by atoms with E-state index in [2.05, 4.69) is 21.2 Å². The maximum Gasteiger partial charge on any atom is 0.410 e. The second-order valence-electron chi connectivity index (χ2n) is 6.18. The number of carbonyl (C=O) groups excluding carboxylic acids is 1. The van der Waals surface area contributed by atoms with Gasteiger partial charge in [-0.3, -0.25) is 0 Å². The van der Waals surface area contributed by atoms with Gasteiger partial charge in [-0.05, 0) is 45.4 Å². The van der Waals surface area contributed by atoms with Crippen LogP contribution in [0.1, 0.15) is 27.2 Å². The summed E-state index contributed by atoms with van der Waals surface area (Å²) in [5, 5.41) is 3.14. The van der Waals surface area contributed by atoms with Gasteiger partial charge in [0.15, 0.2) is 0 Å². The summed E-state index contributed by atoms with van der Waals surface area (Å²) in [6.45, 7) is 6.65. The number of amides is 1. The van der Waals surface area contributed by atoms with Gasteiger partial charge in [0, 0.05) is 23.6 Å². The summed E-state index contributed by atoms with van der Waals surface area (Å²) in [7, 11) is 0. The van der Waals surface area contributed by atoms with Crippen molar-refractivity contribution in [3.05, 3.63) is 28.5 Å². The predicted octanol–water partition coefficient (Wildman–Crippen LogP) is 4.01. The van der Waals surface area contributed by atoms with E-state index in [1.807, 2.05) is 20.8 Å². The quantitative estimate of drug-likeness (QED) is 0.868. The molecule has 0 radical (unpaired) electrons. The van der Waals surface area contributed by atoms with Crippen LogP contribution in [-0.2, 0) is 4.74 Å². The lowest BCUT2D eigenvalue weighted by molar-refractivity contribution is 0.0293. The molecule has 1 saturated heterocycles. The fourth-order valence-electron chi connectivity index (χ4n) is 2.20. The van der Waals surface area contributed by atoms with Crippen molar-refractivity contribution in [3.8, 4) is 0 Å². The Kier molecular flexibility index (Phi) is 4.76. The third-order valence-electron chi connectivity index (χ3n) is 3.13. The normalized spacial score (nSPS) is 18.7. The molecular formula is C15H20BrFN2O2. The van der Waals surface area contributed by atoms with Crippen molar-refractivity contribution in [1.29, 1.82) is 0 Å². The Morgan fingerprint density at radius 3 is 2.86 bits per heavy atom. The lowest BCUT2D eigenvalue weighted by Gasteiger charge is -2.24. The number of rotatable bonds is 2. The summed E-state index contributed by atoms with van der Waals surface area (Å²) in [5.74, 6) is -0.297. The average Bonchev–Trinajstić information content (AvgIpc) is 2.80. The molecule has 1 heterocycles. The van der Waals surface area contributed by atoms with Crippen LogP contribution in [0.3, 0.4) is 0 Å². The zero-order valence-electron chi connectivity index (χ0n) is 12.5. The highest BCUT2D eigenvalue weighted by Crippen LogP contribution is 2.23. The highest BCUT2D eigenvalue weighted by atomic mass is 79.9. The van der Waals surface area contributed by atoms with Crippen LogP contribution in [0, 0.1) is 5.82 Å². The fraction of sp³-hybridized carbons (Fsp3) is 0.533. The van der Waals surface area contributed by atoms with Crippen molar-refractivity contribution in [1.82, 2.24) is 4.90 Å². The van der Waals surface area contributed by atoms with Crippen molar-refractivity contribution >= 4 is 27.7 Å². The van der Waals surface area contributed by atoms with Gasteiger partial charge in [-0.15, -0.1) is 0 Å². The molecule has 0 saturated carbocycles. The van der Waals surface area contributed by atoms with E-state index in [1.54, 1.807) is 17.0 Å². The van der Waals surface area contributed by atoms with Gasteiger partial charge in [-0.1, -0.05) is 15.9 Å². The predicted molar refractivity (Wildman–Crippen MR) is 83.9 cm³/mol. The lowest BCUT2D eigenvalue weighted by Crippen LogP contribution is -2.36. The molecule has 4 nitrogen and oxygen atoms in total. The zero-order chi connectivity index (χ0) is 15.6. The molecule has 0 spiro atoms. The minimum Gasteiger partial charge on any atom is -0.444 e. The van der Waals surface area contributed by atoms with Gasteiger partial charge in [-0.25, -0.2) is 9.18 Å². The maximum atomic E-state index is 13.7. The van der Waals surface area contributed by atoms with E-state index in [0.717, 1.165) is 10.9 Å². The van der Waals surface area contributed by atoms with Gasteiger partial charge >= 0.3 is 6.09 Å². The summed E-state index contributed by atoms with van der Waals surface area (Å²) >= 11 is 3.32. The van der Waals surface area contributed by atoms with Gasteiger partial charge in [0.25, 0.3) is 0 Å². The number of hydrogen-bond acceptors (Lipinski definition) is 3. The van der Waals surface area contributed by atoms with Crippen LogP contribution < -0.4 is 5.32 Å². The van der Waals surface area contributed by atoms with Gasteiger partial charge < -0.3 is 15.0 Å². The molecule has 1 aromatic rings. The van der Waals surface area contributed by atoms with Crippen molar-refractivity contribution in [3.63, 3.8) is 0 Å². The highest BCUT2D eigenvalue weighted by molar-refractivity contribution is 9.10. The molecule has 0 aromatic heterocycles. The Labute approximate surface area is 132 Å². The minimum atomic E-state index is -0.501. The summed E-state index contributed by atoms with van der Waals surface area (Å²) in [6, 6.07) is 4.79. The maximum absolute atomic E-state index is 13.7. The fourth-order valence-corrected chi connectivity index (χ4v) is 2.56. The number of halogens is 2. The molecule has 1 N–H and O–H groups in total. The van der Waals surface area contributed by atoms with E-state index in [-0.39, 0.29) is 18.0 Å². The van der Waals surface area contributed by atoms with E-state index < -0.39 is 5.60 Å². The van der Waals surface area contributed by atoms with Crippen LogP contribution in [0.4, 0.5) is 14.9 Å². The highest BCUT2D eigenvalue weighted by Gasteiger charge is 2.30. The largest absolute Gasteiger partial charge is 0.444 e. The second-order valence-corrected chi connectivity index (χ2v) is 7.10. The molecule has 1 aromatic carbocycles. The van der Waals surface area contributed by atoms with Crippen LogP contribution in [0.2, 0.25) is 0 Å². The van der Waals surface area contributed by atoms with Crippen LogP contribution in [0.15, 0.2) is 22.7 Å². The Bertz CT molecular complexity index is 531. The van der Waals surface area contributed by atoms with E-state index >= 15 is 0 Å². The molecular weight excluding hydrogens is 339 g/mol. The molecule has 116 valence electrons. The zero-order valence-corrected chi connectivity index (χ0v) is 14.0. The third-order valence-corrected chi connectivity index (χ3v) is 3.62. The first-order chi connectivity index (χ1) is 9.74. The first-order valence-electron chi connectivity index (χ1n) is 6.94. The number of likely N-dealkylation sites (tertiary alicyclic amines) is 1. The number of hydrogen-bond donors (Lipinski definition) is 1. The second kappa shape index (κ2) is 6.22. The van der Waals surface area contributed by atoms with Crippen LogP contribution in [0.5, 0.6) is 0 Å². The number of benzene rings is 1. The Balaban J connectivity index is 1.93. The number of nitrogens with one attached hydrogen (secondary N) is 1. The molecule has 0 bridgehead atoms. The molecule has 1 amide bonds. The van der Waals surface area contributed by atoms with E-state index in [4.69, 9.17) is 4.74 Å². The monoisotopic (exact) mass is 358 g/mol. The molecule has 1 fully saturated rings. The minimum absolute atomic E-state index is 0.0290. The molecule has 6 heteroatoms. The van der Waals surface area contributed by atoms with Crippen LogP contribution in [-0.4, -0.2) is 35.7 Å². The average molecular weight is 359 g/mol. The topological polar surface area (TPSA) is 41.6 Å². The van der Waals surface area contributed by atoms with Crippen LogP contribution >= 0.6 is 15.9 Å². The number of nitrogens with zero attached hydrogens (tertiary/aromatic N) is 1. The Morgan fingerprint density at radius 2 is 2.19 bits per heavy atom. The molecule has 1 aliphatic heterocycles. The van der Waals surface area contributed by atoms with Crippen molar-refractivity contribution in [2.24, 2.45) is 0 Å². The van der Waals surface area contributed by atoms with Crippen molar-refractivity contribution in [2.75, 3.05) is 18.4 Å². The number of carbonyl (C=O) groups is 1. The SMILES string of the molecule is CC(C)(C)OC(=O)N1CCC(Nc2cc(Br)ccc2F)C1. The van der Waals surface area contributed by atoms with Gasteiger partial charge in [0.1, 0.15) is 11.4 Å². The van der Waals surface area contributed by atoms with E-state index in [0.29, 0.717) is 18.8 Å². The van der Waals surface area contributed by atoms with Gasteiger partial charge in [0.2, 0.25) is 0 Å². The Hall–Kier alpha value is -1.30. The number of anilines is 1. The molecule has 1 unspecified atom stereocenters. The smallest absolute Gasteiger partial charge is 0.410 e. The Morgan fingerprint density at radius 1 is 1.48 bits per heavy atom. The molecule has 21 heavy (non-hydrogen) atoms. The van der Waals surface area contributed by atoms with Crippen LogP contribution in [0.25, 0.3) is 0 Å². The lowest BCUT2D eigenvalue weighted by atomic mass is 10.2. The summed E-state index contributed by atoms with van der Waals surface area (Å²) < 4.78 is 19.9. The first kappa shape index (κ1) is 16.1.